The van der Waals surface area contributed by atoms with Crippen molar-refractivity contribution in [2.75, 3.05) is 92.4 Å². The highest BCUT2D eigenvalue weighted by molar-refractivity contribution is 5.94. The van der Waals surface area contributed by atoms with Crippen LogP contribution in [0.1, 0.15) is 10.4 Å². The van der Waals surface area contributed by atoms with Crippen LogP contribution in [0.2, 0.25) is 0 Å². The summed E-state index contributed by atoms with van der Waals surface area (Å²) in [6, 6.07) is 11.4. The number of ether oxygens (including phenoxy) is 7. The predicted molar refractivity (Wildman–Crippen MR) is 180 cm³/mol. The van der Waals surface area contributed by atoms with E-state index in [1.54, 1.807) is 48.6 Å². The fourth-order valence-electron chi connectivity index (χ4n) is 4.12. The quantitative estimate of drug-likeness (QED) is 0.0416. The lowest BCUT2D eigenvalue weighted by molar-refractivity contribution is -0.0102. The Labute approximate surface area is 278 Å². The second kappa shape index (κ2) is 22.8. The summed E-state index contributed by atoms with van der Waals surface area (Å²) in [6.45, 7) is 12.5. The molecular formula is C34H42N4O10. The smallest absolute Gasteiger partial charge is 0.251 e. The molecule has 0 bridgehead atoms. The Morgan fingerprint density at radius 1 is 0.812 bits per heavy atom. The van der Waals surface area contributed by atoms with Crippen molar-refractivity contribution in [2.24, 2.45) is 5.11 Å². The van der Waals surface area contributed by atoms with Crippen LogP contribution in [0.15, 0.2) is 82.1 Å². The molecule has 14 nitrogen and oxygen atoms in total. The van der Waals surface area contributed by atoms with E-state index in [4.69, 9.17) is 43.1 Å². The van der Waals surface area contributed by atoms with E-state index in [2.05, 4.69) is 28.5 Å². The number of hydrogen-bond donors (Lipinski definition) is 1. The normalized spacial score (nSPS) is 10.8. The highest BCUT2D eigenvalue weighted by Crippen LogP contribution is 2.36. The Bertz CT molecular complexity index is 1540. The molecule has 0 aliphatic carbocycles. The summed E-state index contributed by atoms with van der Waals surface area (Å²) in [5.74, 6) is 0.768. The molecule has 258 valence electrons. The zero-order chi connectivity index (χ0) is 34.2. The van der Waals surface area contributed by atoms with Crippen LogP contribution in [0.3, 0.4) is 0 Å². The first kappa shape index (κ1) is 37.8. The molecule has 3 rings (SSSR count). The van der Waals surface area contributed by atoms with Gasteiger partial charge in [-0.15, -0.1) is 0 Å². The van der Waals surface area contributed by atoms with E-state index in [9.17, 15) is 9.59 Å². The average molecular weight is 667 g/mol. The molecule has 0 saturated carbocycles. The van der Waals surface area contributed by atoms with E-state index in [1.807, 2.05) is 0 Å². The maximum atomic E-state index is 12.9. The molecule has 0 aliphatic rings. The van der Waals surface area contributed by atoms with E-state index in [-0.39, 0.29) is 30.1 Å². The minimum atomic E-state index is -0.260. The molecule has 0 aliphatic heterocycles. The molecule has 0 saturated heterocycles. The maximum absolute atomic E-state index is 12.9. The van der Waals surface area contributed by atoms with Crippen LogP contribution in [0.4, 0.5) is 0 Å². The van der Waals surface area contributed by atoms with Crippen LogP contribution in [0.5, 0.6) is 11.5 Å². The van der Waals surface area contributed by atoms with Gasteiger partial charge >= 0.3 is 0 Å². The molecule has 48 heavy (non-hydrogen) atoms. The van der Waals surface area contributed by atoms with Crippen molar-refractivity contribution in [2.45, 2.75) is 0 Å². The Hall–Kier alpha value is -4.69. The van der Waals surface area contributed by atoms with Crippen LogP contribution in [-0.4, -0.2) is 98.3 Å². The van der Waals surface area contributed by atoms with Crippen LogP contribution in [-0.2, 0) is 23.7 Å². The van der Waals surface area contributed by atoms with E-state index in [0.29, 0.717) is 113 Å². The third-order valence-corrected chi connectivity index (χ3v) is 6.37. The molecular weight excluding hydrogens is 624 g/mol. The van der Waals surface area contributed by atoms with Gasteiger partial charge in [0.2, 0.25) is 5.75 Å². The molecule has 0 fully saturated rings. The Morgan fingerprint density at radius 2 is 1.40 bits per heavy atom. The first-order chi connectivity index (χ1) is 23.6. The van der Waals surface area contributed by atoms with E-state index in [0.717, 1.165) is 0 Å². The Kier molecular flexibility index (Phi) is 17.9. The highest BCUT2D eigenvalue weighted by atomic mass is 16.6. The van der Waals surface area contributed by atoms with Crippen molar-refractivity contribution in [3.8, 4) is 22.8 Å². The molecule has 3 aromatic rings. The number of azide groups is 1. The van der Waals surface area contributed by atoms with E-state index >= 15 is 0 Å². The lowest BCUT2D eigenvalue weighted by Crippen LogP contribution is -2.27. The van der Waals surface area contributed by atoms with Crippen molar-refractivity contribution in [1.82, 2.24) is 5.32 Å². The van der Waals surface area contributed by atoms with Gasteiger partial charge in [0.15, 0.2) is 16.8 Å². The lowest BCUT2D eigenvalue weighted by Gasteiger charge is -2.13. The number of carbonyl (C=O) groups is 1. The van der Waals surface area contributed by atoms with E-state index in [1.165, 1.54) is 6.07 Å². The van der Waals surface area contributed by atoms with Crippen molar-refractivity contribution in [3.05, 3.63) is 94.0 Å². The van der Waals surface area contributed by atoms with Crippen LogP contribution in [0, 0.1) is 0 Å². The number of carbonyl (C=O) groups excluding carboxylic acids is 1. The summed E-state index contributed by atoms with van der Waals surface area (Å²) in [5.41, 5.74) is 9.23. The summed E-state index contributed by atoms with van der Waals surface area (Å²) < 4.78 is 44.6. The topological polar surface area (TPSA) is 173 Å². The van der Waals surface area contributed by atoms with Crippen LogP contribution in [0.25, 0.3) is 32.7 Å². The third-order valence-electron chi connectivity index (χ3n) is 6.37. The highest BCUT2D eigenvalue weighted by Gasteiger charge is 2.17. The minimum absolute atomic E-state index is 0.190. The molecule has 1 amide bonds. The van der Waals surface area contributed by atoms with Crippen molar-refractivity contribution in [3.63, 3.8) is 0 Å². The first-order valence-corrected chi connectivity index (χ1v) is 15.5. The summed E-state index contributed by atoms with van der Waals surface area (Å²) in [5, 5.41) is 6.53. The Balaban J connectivity index is 1.33. The zero-order valence-electron chi connectivity index (χ0n) is 26.9. The number of fused-ring (bicyclic) bond motifs is 1. The number of hydrogen-bond acceptors (Lipinski definition) is 11. The monoisotopic (exact) mass is 666 g/mol. The lowest BCUT2D eigenvalue weighted by atomic mass is 10.1. The van der Waals surface area contributed by atoms with Crippen molar-refractivity contribution < 1.29 is 42.4 Å². The second-order valence-corrected chi connectivity index (χ2v) is 9.79. The fraction of sp³-hybridized carbons (Fsp3) is 0.412. The number of amides is 1. The zero-order valence-corrected chi connectivity index (χ0v) is 26.9. The number of nitrogens with one attached hydrogen (secondary N) is 1. The molecule has 1 heterocycles. The van der Waals surface area contributed by atoms with Crippen LogP contribution >= 0.6 is 0 Å². The largest absolute Gasteiger partial charge is 0.486 e. The SMILES string of the molecule is C=CCOc1ccc2c(=O)cc(-c3ccc(C(=O)NCCOCCOCCOCCOCCOCCN=[N+]=[N-])cc3)oc2c1OCC=C. The maximum Gasteiger partial charge on any atom is 0.251 e. The summed E-state index contributed by atoms with van der Waals surface area (Å²) >= 11 is 0. The molecule has 0 radical (unpaired) electrons. The number of nitrogens with zero attached hydrogens (tertiary/aromatic N) is 3. The van der Waals surface area contributed by atoms with Gasteiger partial charge < -0.3 is 42.9 Å². The summed E-state index contributed by atoms with van der Waals surface area (Å²) in [6.07, 6.45) is 3.19. The second-order valence-electron chi connectivity index (χ2n) is 9.79. The van der Waals surface area contributed by atoms with Gasteiger partial charge in [0.05, 0.1) is 71.5 Å². The van der Waals surface area contributed by atoms with Crippen LogP contribution < -0.4 is 20.2 Å². The third kappa shape index (κ3) is 13.2. The number of benzene rings is 2. The fourth-order valence-corrected chi connectivity index (χ4v) is 4.12. The van der Waals surface area contributed by atoms with Gasteiger partial charge in [-0.1, -0.05) is 42.6 Å². The molecule has 14 heteroatoms. The van der Waals surface area contributed by atoms with Gasteiger partial charge in [-0.25, -0.2) is 0 Å². The molecule has 2 aromatic carbocycles. The molecule has 1 N–H and O–H groups in total. The summed E-state index contributed by atoms with van der Waals surface area (Å²) in [7, 11) is 0. The van der Waals surface area contributed by atoms with Gasteiger partial charge in [-0.3, -0.25) is 9.59 Å². The first-order valence-electron chi connectivity index (χ1n) is 15.5. The standard InChI is InChI=1S/C34H42N4O10/c1-3-13-46-30-10-9-28-29(39)25-31(48-32(28)33(30)47-14-4-2)26-5-7-27(8-6-26)34(40)36-11-15-41-17-19-43-21-23-45-24-22-44-20-18-42-16-12-37-38-35/h3-10,25H,1-2,11-24H2,(H,36,40). The Morgan fingerprint density at radius 3 is 2.00 bits per heavy atom. The van der Waals surface area contributed by atoms with Gasteiger partial charge in [-0.05, 0) is 29.8 Å². The van der Waals surface area contributed by atoms with E-state index < -0.39 is 0 Å². The average Bonchev–Trinajstić information content (AvgIpc) is 3.10. The van der Waals surface area contributed by atoms with Gasteiger partial charge in [-0.2, -0.15) is 0 Å². The number of rotatable bonds is 26. The molecule has 0 atom stereocenters. The predicted octanol–water partition coefficient (Wildman–Crippen LogP) is 4.71. The molecule has 0 unspecified atom stereocenters. The minimum Gasteiger partial charge on any atom is -0.486 e. The summed E-state index contributed by atoms with van der Waals surface area (Å²) in [4.78, 5) is 28.2. The van der Waals surface area contributed by atoms with Gasteiger partial charge in [0, 0.05) is 35.2 Å². The van der Waals surface area contributed by atoms with Gasteiger partial charge in [0.1, 0.15) is 19.0 Å². The van der Waals surface area contributed by atoms with Gasteiger partial charge in [0.25, 0.3) is 5.91 Å². The van der Waals surface area contributed by atoms with Crippen molar-refractivity contribution >= 4 is 16.9 Å². The van der Waals surface area contributed by atoms with Crippen molar-refractivity contribution in [1.29, 1.82) is 0 Å². The molecule has 1 aromatic heterocycles. The molecule has 0 spiro atoms.